The average molecular weight is 404 g/mol. The van der Waals surface area contributed by atoms with Crippen molar-refractivity contribution in [2.75, 3.05) is 24.5 Å². The van der Waals surface area contributed by atoms with E-state index in [0.717, 1.165) is 25.1 Å². The van der Waals surface area contributed by atoms with Crippen LogP contribution in [0.3, 0.4) is 0 Å². The molecule has 2 fully saturated rings. The lowest BCUT2D eigenvalue weighted by molar-refractivity contribution is 0.102. The molecule has 1 aromatic carbocycles. The minimum atomic E-state index is -0.498. The van der Waals surface area contributed by atoms with Crippen molar-refractivity contribution in [1.82, 2.24) is 24.4 Å². The highest BCUT2D eigenvalue weighted by molar-refractivity contribution is 5.55. The number of rotatable bonds is 5. The highest BCUT2D eigenvalue weighted by Gasteiger charge is 2.45. The zero-order valence-electron chi connectivity index (χ0n) is 16.8. The molecule has 0 aliphatic carbocycles. The topological polar surface area (TPSA) is 87.4 Å². The molecular weight excluding hydrogens is 380 g/mol. The summed E-state index contributed by atoms with van der Waals surface area (Å²) < 4.78 is 1.61. The number of fused-ring (bicyclic) bond motifs is 2. The predicted octanol–water partition coefficient (Wildman–Crippen LogP) is 1.23. The van der Waals surface area contributed by atoms with Gasteiger partial charge in [-0.15, -0.1) is 0 Å². The summed E-state index contributed by atoms with van der Waals surface area (Å²) >= 11 is 0. The third kappa shape index (κ3) is 3.38. The number of anilines is 1. The van der Waals surface area contributed by atoms with E-state index in [0.29, 0.717) is 29.9 Å². The molecule has 2 saturated heterocycles. The third-order valence-corrected chi connectivity index (χ3v) is 6.16. The molecule has 154 valence electrons. The molecule has 8 heteroatoms. The number of β-amino-alcohol motifs (C(OH)–C–C–N with tert-alkyl or cyclic N) is 1. The number of hydrogen-bond acceptors (Lipinski definition) is 7. The fourth-order valence-corrected chi connectivity index (χ4v) is 4.58. The van der Waals surface area contributed by atoms with E-state index in [2.05, 4.69) is 19.8 Å². The highest BCUT2D eigenvalue weighted by atomic mass is 16.3. The second-order valence-electron chi connectivity index (χ2n) is 8.01. The molecule has 30 heavy (non-hydrogen) atoms. The summed E-state index contributed by atoms with van der Waals surface area (Å²) in [5.41, 5.74) is 2.04. The Bertz CT molecular complexity index is 1090. The molecule has 8 nitrogen and oxygen atoms in total. The summed E-state index contributed by atoms with van der Waals surface area (Å²) in [6.07, 6.45) is 3.62. The first-order valence-electron chi connectivity index (χ1n) is 10.2. The number of aromatic nitrogens is 4. The molecule has 3 unspecified atom stereocenters. The molecule has 5 rings (SSSR count). The molecular formula is C22H24N6O2. The SMILES string of the molecule is Cn1c(N2CC3CC2CN3CC(O)c2ccccc2)nc(-c2ccncn2)cc1=O. The van der Waals surface area contributed by atoms with Crippen molar-refractivity contribution in [3.63, 3.8) is 0 Å². The third-order valence-electron chi connectivity index (χ3n) is 6.16. The van der Waals surface area contributed by atoms with E-state index < -0.39 is 6.10 Å². The van der Waals surface area contributed by atoms with Crippen LogP contribution in [0.15, 0.2) is 59.8 Å². The molecule has 3 atom stereocenters. The van der Waals surface area contributed by atoms with E-state index in [4.69, 9.17) is 4.98 Å². The Morgan fingerprint density at radius 2 is 1.97 bits per heavy atom. The van der Waals surface area contributed by atoms with Crippen LogP contribution in [0.1, 0.15) is 18.1 Å². The second kappa shape index (κ2) is 7.62. The lowest BCUT2D eigenvalue weighted by Gasteiger charge is -2.36. The summed E-state index contributed by atoms with van der Waals surface area (Å²) in [6, 6.07) is 13.7. The number of aliphatic hydroxyl groups excluding tert-OH is 1. The van der Waals surface area contributed by atoms with Gasteiger partial charge in [0.15, 0.2) is 0 Å². The molecule has 0 saturated carbocycles. The summed E-state index contributed by atoms with van der Waals surface area (Å²) in [7, 11) is 1.76. The van der Waals surface area contributed by atoms with Crippen molar-refractivity contribution in [1.29, 1.82) is 0 Å². The van der Waals surface area contributed by atoms with Gasteiger partial charge in [0.05, 0.1) is 17.5 Å². The quantitative estimate of drug-likeness (QED) is 0.684. The fourth-order valence-electron chi connectivity index (χ4n) is 4.58. The minimum absolute atomic E-state index is 0.104. The van der Waals surface area contributed by atoms with Crippen LogP contribution >= 0.6 is 0 Å². The van der Waals surface area contributed by atoms with Gasteiger partial charge in [0.1, 0.15) is 6.33 Å². The largest absolute Gasteiger partial charge is 0.387 e. The van der Waals surface area contributed by atoms with Gasteiger partial charge in [0.2, 0.25) is 5.95 Å². The molecule has 1 N–H and O–H groups in total. The molecule has 2 aliphatic heterocycles. The maximum atomic E-state index is 12.6. The molecule has 2 bridgehead atoms. The van der Waals surface area contributed by atoms with Crippen LogP contribution in [-0.4, -0.2) is 61.2 Å². The van der Waals surface area contributed by atoms with Crippen LogP contribution in [0.5, 0.6) is 0 Å². The summed E-state index contributed by atoms with van der Waals surface area (Å²) in [4.78, 5) is 30.1. The van der Waals surface area contributed by atoms with Crippen molar-refractivity contribution in [2.24, 2.45) is 7.05 Å². The van der Waals surface area contributed by atoms with Crippen LogP contribution in [0, 0.1) is 0 Å². The predicted molar refractivity (Wildman–Crippen MR) is 113 cm³/mol. The van der Waals surface area contributed by atoms with Gasteiger partial charge in [-0.05, 0) is 18.1 Å². The molecule has 2 aromatic heterocycles. The van der Waals surface area contributed by atoms with E-state index in [1.54, 1.807) is 23.9 Å². The van der Waals surface area contributed by atoms with Gasteiger partial charge in [-0.25, -0.2) is 15.0 Å². The summed E-state index contributed by atoms with van der Waals surface area (Å²) in [5.74, 6) is 0.673. The van der Waals surface area contributed by atoms with E-state index in [-0.39, 0.29) is 11.6 Å². The average Bonchev–Trinajstić information content (AvgIpc) is 3.37. The van der Waals surface area contributed by atoms with Gasteiger partial charge < -0.3 is 10.0 Å². The Morgan fingerprint density at radius 1 is 1.13 bits per heavy atom. The van der Waals surface area contributed by atoms with Crippen LogP contribution < -0.4 is 10.5 Å². The molecule has 3 aromatic rings. The Hall–Kier alpha value is -3.10. The lowest BCUT2D eigenvalue weighted by Crippen LogP contribution is -2.49. The molecule has 2 aliphatic rings. The zero-order valence-corrected chi connectivity index (χ0v) is 16.8. The van der Waals surface area contributed by atoms with Crippen LogP contribution in [0.25, 0.3) is 11.4 Å². The van der Waals surface area contributed by atoms with Crippen molar-refractivity contribution < 1.29 is 5.11 Å². The Balaban J connectivity index is 1.35. The second-order valence-corrected chi connectivity index (χ2v) is 8.01. The van der Waals surface area contributed by atoms with E-state index in [1.165, 1.54) is 12.4 Å². The van der Waals surface area contributed by atoms with E-state index in [1.807, 2.05) is 30.3 Å². The smallest absolute Gasteiger partial charge is 0.255 e. The first-order chi connectivity index (χ1) is 14.6. The lowest BCUT2D eigenvalue weighted by atomic mass is 10.1. The Morgan fingerprint density at radius 3 is 2.67 bits per heavy atom. The van der Waals surface area contributed by atoms with E-state index in [9.17, 15) is 9.90 Å². The van der Waals surface area contributed by atoms with Crippen LogP contribution in [-0.2, 0) is 7.05 Å². The number of hydrogen-bond donors (Lipinski definition) is 1. The number of likely N-dealkylation sites (tertiary alicyclic amines) is 1. The molecule has 4 heterocycles. The van der Waals surface area contributed by atoms with Gasteiger partial charge in [0, 0.05) is 51.0 Å². The molecule has 0 spiro atoms. The normalized spacial score (nSPS) is 21.9. The Kier molecular flexibility index (Phi) is 4.80. The summed E-state index contributed by atoms with van der Waals surface area (Å²) in [6.45, 7) is 2.26. The highest BCUT2D eigenvalue weighted by Crippen LogP contribution is 2.34. The van der Waals surface area contributed by atoms with Crippen LogP contribution in [0.4, 0.5) is 5.95 Å². The maximum Gasteiger partial charge on any atom is 0.255 e. The van der Waals surface area contributed by atoms with Gasteiger partial charge in [-0.2, -0.15) is 0 Å². The van der Waals surface area contributed by atoms with Crippen molar-refractivity contribution in [3.8, 4) is 11.4 Å². The van der Waals surface area contributed by atoms with Gasteiger partial charge >= 0.3 is 0 Å². The number of piperazine rings is 1. The van der Waals surface area contributed by atoms with Crippen LogP contribution in [0.2, 0.25) is 0 Å². The first kappa shape index (κ1) is 18.9. The monoisotopic (exact) mass is 404 g/mol. The summed E-state index contributed by atoms with van der Waals surface area (Å²) in [5, 5.41) is 10.6. The van der Waals surface area contributed by atoms with Gasteiger partial charge in [0.25, 0.3) is 5.56 Å². The fraction of sp³-hybridized carbons (Fsp3) is 0.364. The van der Waals surface area contributed by atoms with Crippen molar-refractivity contribution >= 4 is 5.95 Å². The number of nitrogens with zero attached hydrogens (tertiary/aromatic N) is 6. The Labute approximate surface area is 174 Å². The van der Waals surface area contributed by atoms with E-state index >= 15 is 0 Å². The first-order valence-corrected chi connectivity index (χ1v) is 10.2. The van der Waals surface area contributed by atoms with Gasteiger partial charge in [-0.1, -0.05) is 30.3 Å². The van der Waals surface area contributed by atoms with Crippen molar-refractivity contribution in [3.05, 3.63) is 70.9 Å². The standard InChI is InChI=1S/C22H24N6O2/c1-26-21(30)10-19(18-7-8-23-14-24-18)25-22(26)28-12-16-9-17(28)11-27(16)13-20(29)15-5-3-2-4-6-15/h2-8,10,14,16-17,20,29H,9,11-13H2,1H3. The molecule has 0 amide bonds. The number of aliphatic hydroxyl groups is 1. The van der Waals surface area contributed by atoms with Gasteiger partial charge in [-0.3, -0.25) is 14.3 Å². The minimum Gasteiger partial charge on any atom is -0.387 e. The zero-order chi connectivity index (χ0) is 20.7. The molecule has 0 radical (unpaired) electrons. The van der Waals surface area contributed by atoms with Crippen molar-refractivity contribution in [2.45, 2.75) is 24.6 Å². The number of benzene rings is 1. The maximum absolute atomic E-state index is 12.6.